The van der Waals surface area contributed by atoms with Gasteiger partial charge in [0.2, 0.25) is 0 Å². The maximum absolute atomic E-state index is 12.5. The van der Waals surface area contributed by atoms with Gasteiger partial charge in [0.15, 0.2) is 0 Å². The number of thiophene rings is 1. The molecule has 116 valence electrons. The van der Waals surface area contributed by atoms with E-state index < -0.39 is 10.0 Å². The molecule has 0 atom stereocenters. The molecule has 0 saturated carbocycles. The maximum Gasteiger partial charge on any atom is 0.317 e. The number of carbonyl (C=O) groups is 1. The molecule has 2 aliphatic rings. The van der Waals surface area contributed by atoms with Gasteiger partial charge in [-0.25, -0.2) is 13.2 Å². The molecule has 0 unspecified atom stereocenters. The fourth-order valence-corrected chi connectivity index (χ4v) is 5.52. The van der Waals surface area contributed by atoms with E-state index >= 15 is 0 Å². The average Bonchev–Trinajstić information content (AvgIpc) is 3.08. The predicted octanol–water partition coefficient (Wildman–Crippen LogP) is 0.509. The van der Waals surface area contributed by atoms with E-state index in [0.29, 0.717) is 44.7 Å². The number of anilines is 1. The van der Waals surface area contributed by atoms with E-state index in [2.05, 4.69) is 5.32 Å². The first kappa shape index (κ1) is 14.6. The number of piperidine rings is 1. The molecule has 21 heavy (non-hydrogen) atoms. The van der Waals surface area contributed by atoms with Crippen molar-refractivity contribution < 1.29 is 13.2 Å². The molecule has 3 rings (SSSR count). The first-order valence-electron chi connectivity index (χ1n) is 6.87. The van der Waals surface area contributed by atoms with Crippen LogP contribution < -0.4 is 11.1 Å². The molecule has 2 saturated heterocycles. The summed E-state index contributed by atoms with van der Waals surface area (Å²) < 4.78 is 26.7. The van der Waals surface area contributed by atoms with Gasteiger partial charge in [-0.15, -0.1) is 11.3 Å². The molecule has 0 aromatic carbocycles. The normalized spacial score (nSPS) is 21.7. The van der Waals surface area contributed by atoms with Gasteiger partial charge in [0.1, 0.15) is 4.21 Å². The second kappa shape index (κ2) is 5.47. The highest BCUT2D eigenvalue weighted by molar-refractivity contribution is 7.91. The number of sulfonamides is 1. The minimum absolute atomic E-state index is 0.0395. The van der Waals surface area contributed by atoms with Crippen molar-refractivity contribution in [1.29, 1.82) is 0 Å². The van der Waals surface area contributed by atoms with Gasteiger partial charge in [-0.2, -0.15) is 4.31 Å². The zero-order valence-electron chi connectivity index (χ0n) is 11.5. The number of nitrogens with two attached hydrogens (primary N) is 1. The number of carbonyl (C=O) groups excluding carboxylic acids is 1. The number of rotatable bonds is 3. The molecule has 3 N–H and O–H groups in total. The number of nitrogens with zero attached hydrogens (tertiary/aromatic N) is 2. The molecule has 0 aliphatic carbocycles. The van der Waals surface area contributed by atoms with E-state index in [-0.39, 0.29) is 16.3 Å². The Balaban J connectivity index is 1.67. The van der Waals surface area contributed by atoms with E-state index in [1.54, 1.807) is 5.38 Å². The van der Waals surface area contributed by atoms with Crippen LogP contribution in [0.15, 0.2) is 15.7 Å². The third-order valence-corrected chi connectivity index (χ3v) is 7.28. The molecular formula is C12H18N4O3S2. The zero-order valence-corrected chi connectivity index (χ0v) is 13.1. The Labute approximate surface area is 127 Å². The van der Waals surface area contributed by atoms with Crippen LogP contribution in [-0.2, 0) is 10.0 Å². The molecule has 2 aliphatic heterocycles. The number of nitrogens with one attached hydrogen (secondary N) is 1. The Morgan fingerprint density at radius 1 is 1.29 bits per heavy atom. The minimum Gasteiger partial charge on any atom is -0.398 e. The topological polar surface area (TPSA) is 95.7 Å². The summed E-state index contributed by atoms with van der Waals surface area (Å²) in [5, 5.41) is 4.41. The summed E-state index contributed by atoms with van der Waals surface area (Å²) in [6.45, 7) is 2.26. The molecule has 0 radical (unpaired) electrons. The van der Waals surface area contributed by atoms with Gasteiger partial charge >= 0.3 is 6.03 Å². The summed E-state index contributed by atoms with van der Waals surface area (Å²) in [5.41, 5.74) is 6.08. The fraction of sp³-hybridized carbons (Fsp3) is 0.583. The van der Waals surface area contributed by atoms with Crippen LogP contribution in [0.5, 0.6) is 0 Å². The summed E-state index contributed by atoms with van der Waals surface area (Å²) in [7, 11) is -3.45. The molecule has 0 spiro atoms. The van der Waals surface area contributed by atoms with Crippen molar-refractivity contribution in [2.24, 2.45) is 0 Å². The molecule has 3 heterocycles. The number of amides is 2. The van der Waals surface area contributed by atoms with Gasteiger partial charge < -0.3 is 16.0 Å². The van der Waals surface area contributed by atoms with Crippen LogP contribution >= 0.6 is 11.3 Å². The summed E-state index contributed by atoms with van der Waals surface area (Å²) in [5.74, 6) is 0. The monoisotopic (exact) mass is 330 g/mol. The molecule has 1 aromatic heterocycles. The highest BCUT2D eigenvalue weighted by atomic mass is 32.2. The smallest absolute Gasteiger partial charge is 0.317 e. The number of hydrogen-bond donors (Lipinski definition) is 2. The Kier molecular flexibility index (Phi) is 3.80. The molecule has 1 aromatic rings. The summed E-state index contributed by atoms with van der Waals surface area (Å²) in [4.78, 5) is 13.5. The standard InChI is InChI=1S/C12H18N4O3S2/c13-9-7-11(20-8-9)21(18,19)15-4-1-10(2-5-15)16-6-3-14-12(16)17/h7-8,10H,1-6,13H2,(H,14,17). The largest absolute Gasteiger partial charge is 0.398 e. The first-order chi connectivity index (χ1) is 9.98. The van der Waals surface area contributed by atoms with Crippen molar-refractivity contribution >= 4 is 33.1 Å². The van der Waals surface area contributed by atoms with E-state index in [9.17, 15) is 13.2 Å². The molecule has 2 amide bonds. The van der Waals surface area contributed by atoms with Crippen LogP contribution in [0.1, 0.15) is 12.8 Å². The van der Waals surface area contributed by atoms with Gasteiger partial charge in [-0.05, 0) is 18.9 Å². The van der Waals surface area contributed by atoms with Crippen molar-refractivity contribution in [2.45, 2.75) is 23.1 Å². The SMILES string of the molecule is Nc1csc(S(=O)(=O)N2CCC(N3CCNC3=O)CC2)c1. The Bertz CT molecular complexity index is 635. The second-order valence-electron chi connectivity index (χ2n) is 5.26. The highest BCUT2D eigenvalue weighted by Gasteiger charge is 2.35. The van der Waals surface area contributed by atoms with Gasteiger partial charge in [0.05, 0.1) is 0 Å². The van der Waals surface area contributed by atoms with E-state index in [4.69, 9.17) is 5.73 Å². The van der Waals surface area contributed by atoms with Crippen LogP contribution in [0.4, 0.5) is 10.5 Å². The molecule has 9 heteroatoms. The lowest BCUT2D eigenvalue weighted by Gasteiger charge is -2.35. The lowest BCUT2D eigenvalue weighted by Crippen LogP contribution is -2.47. The van der Waals surface area contributed by atoms with Crippen LogP contribution in [0.2, 0.25) is 0 Å². The molecular weight excluding hydrogens is 312 g/mol. The molecule has 2 fully saturated rings. The van der Waals surface area contributed by atoms with Crippen LogP contribution in [-0.4, -0.2) is 55.9 Å². The van der Waals surface area contributed by atoms with Gasteiger partial charge in [-0.3, -0.25) is 0 Å². The van der Waals surface area contributed by atoms with Crippen LogP contribution in [0.3, 0.4) is 0 Å². The van der Waals surface area contributed by atoms with E-state index in [1.165, 1.54) is 10.4 Å². The zero-order chi connectivity index (χ0) is 15.0. The predicted molar refractivity (Wildman–Crippen MR) is 80.6 cm³/mol. The van der Waals surface area contributed by atoms with Gasteiger partial charge in [0, 0.05) is 43.3 Å². The third-order valence-electron chi connectivity index (χ3n) is 3.94. The summed E-state index contributed by atoms with van der Waals surface area (Å²) in [6.07, 6.45) is 1.35. The third kappa shape index (κ3) is 2.72. The number of nitrogen functional groups attached to an aromatic ring is 1. The number of urea groups is 1. The summed E-state index contributed by atoms with van der Waals surface area (Å²) in [6, 6.07) is 1.59. The lowest BCUT2D eigenvalue weighted by molar-refractivity contribution is 0.167. The quantitative estimate of drug-likeness (QED) is 0.844. The molecule has 0 bridgehead atoms. The van der Waals surface area contributed by atoms with Crippen LogP contribution in [0.25, 0.3) is 0 Å². The van der Waals surface area contributed by atoms with Crippen LogP contribution in [0, 0.1) is 0 Å². The van der Waals surface area contributed by atoms with Crippen molar-refractivity contribution in [1.82, 2.24) is 14.5 Å². The van der Waals surface area contributed by atoms with Crippen molar-refractivity contribution in [2.75, 3.05) is 31.9 Å². The van der Waals surface area contributed by atoms with Crippen molar-refractivity contribution in [3.63, 3.8) is 0 Å². The second-order valence-corrected chi connectivity index (χ2v) is 8.34. The minimum atomic E-state index is -3.45. The van der Waals surface area contributed by atoms with E-state index in [0.717, 1.165) is 11.3 Å². The number of hydrogen-bond acceptors (Lipinski definition) is 5. The van der Waals surface area contributed by atoms with Gasteiger partial charge in [-0.1, -0.05) is 0 Å². The van der Waals surface area contributed by atoms with Crippen molar-refractivity contribution in [3.05, 3.63) is 11.4 Å². The maximum atomic E-state index is 12.5. The Morgan fingerprint density at radius 3 is 2.52 bits per heavy atom. The Morgan fingerprint density at radius 2 is 2.00 bits per heavy atom. The average molecular weight is 330 g/mol. The Hall–Kier alpha value is -1.32. The lowest BCUT2D eigenvalue weighted by atomic mass is 10.1. The highest BCUT2D eigenvalue weighted by Crippen LogP contribution is 2.28. The fourth-order valence-electron chi connectivity index (χ4n) is 2.82. The van der Waals surface area contributed by atoms with Gasteiger partial charge in [0.25, 0.3) is 10.0 Å². The first-order valence-corrected chi connectivity index (χ1v) is 9.19. The summed E-state index contributed by atoms with van der Waals surface area (Å²) >= 11 is 1.15. The van der Waals surface area contributed by atoms with E-state index in [1.807, 2.05) is 4.90 Å². The molecule has 7 nitrogen and oxygen atoms in total. The van der Waals surface area contributed by atoms with Crippen molar-refractivity contribution in [3.8, 4) is 0 Å².